The summed E-state index contributed by atoms with van der Waals surface area (Å²) >= 11 is 11.7. The normalized spacial score (nSPS) is 10.2. The molecule has 0 saturated carbocycles. The molecule has 6 nitrogen and oxygen atoms in total. The van der Waals surface area contributed by atoms with Gasteiger partial charge in [0.2, 0.25) is 5.75 Å². The summed E-state index contributed by atoms with van der Waals surface area (Å²) in [6.45, 7) is -0.0482. The first kappa shape index (κ1) is 15.3. The molecular weight excluding hydrogens is 319 g/mol. The SMILES string of the molecule is COc1ccc([N+](=O)[O-])c(OCc2nc(Cl)ccc2Cl)c1. The second-order valence-electron chi connectivity index (χ2n) is 3.94. The van der Waals surface area contributed by atoms with Gasteiger partial charge in [-0.1, -0.05) is 23.2 Å². The Morgan fingerprint density at radius 2 is 2.05 bits per heavy atom. The lowest BCUT2D eigenvalue weighted by Gasteiger charge is -2.09. The fourth-order valence-electron chi connectivity index (χ4n) is 1.59. The fourth-order valence-corrected chi connectivity index (χ4v) is 1.92. The Morgan fingerprint density at radius 3 is 2.71 bits per heavy atom. The minimum Gasteiger partial charge on any atom is -0.497 e. The summed E-state index contributed by atoms with van der Waals surface area (Å²) < 4.78 is 10.5. The highest BCUT2D eigenvalue weighted by atomic mass is 35.5. The van der Waals surface area contributed by atoms with Crippen molar-refractivity contribution in [3.05, 3.63) is 56.3 Å². The maximum atomic E-state index is 11.0. The number of nitrogens with zero attached hydrogens (tertiary/aromatic N) is 2. The minimum atomic E-state index is -0.540. The van der Waals surface area contributed by atoms with E-state index in [9.17, 15) is 10.1 Å². The summed E-state index contributed by atoms with van der Waals surface area (Å²) in [5, 5.41) is 11.6. The topological polar surface area (TPSA) is 74.5 Å². The van der Waals surface area contributed by atoms with Gasteiger partial charge < -0.3 is 9.47 Å². The Labute approximate surface area is 130 Å². The predicted octanol–water partition coefficient (Wildman–Crippen LogP) is 3.88. The zero-order chi connectivity index (χ0) is 15.4. The van der Waals surface area contributed by atoms with Crippen molar-refractivity contribution in [2.24, 2.45) is 0 Å². The minimum absolute atomic E-state index is 0.0482. The third-order valence-electron chi connectivity index (χ3n) is 2.61. The quantitative estimate of drug-likeness (QED) is 0.473. The molecule has 0 bridgehead atoms. The number of ether oxygens (including phenoxy) is 2. The molecule has 21 heavy (non-hydrogen) atoms. The van der Waals surface area contributed by atoms with Gasteiger partial charge in [0.25, 0.3) is 0 Å². The standard InChI is InChI=1S/C13H10Cl2N2O4/c1-20-8-2-4-11(17(18)19)12(6-8)21-7-10-9(14)3-5-13(15)16-10/h2-6H,7H2,1H3. The van der Waals surface area contributed by atoms with E-state index in [1.165, 1.54) is 25.3 Å². The number of benzene rings is 1. The lowest BCUT2D eigenvalue weighted by atomic mass is 10.3. The van der Waals surface area contributed by atoms with Crippen LogP contribution in [0, 0.1) is 10.1 Å². The maximum Gasteiger partial charge on any atom is 0.311 e. The van der Waals surface area contributed by atoms with E-state index in [1.807, 2.05) is 0 Å². The molecule has 2 aromatic rings. The number of methoxy groups -OCH3 is 1. The highest BCUT2D eigenvalue weighted by Gasteiger charge is 2.17. The van der Waals surface area contributed by atoms with Crippen LogP contribution >= 0.6 is 23.2 Å². The highest BCUT2D eigenvalue weighted by molar-refractivity contribution is 6.32. The molecule has 0 saturated heterocycles. The predicted molar refractivity (Wildman–Crippen MR) is 78.2 cm³/mol. The summed E-state index contributed by atoms with van der Waals surface area (Å²) in [4.78, 5) is 14.4. The van der Waals surface area contributed by atoms with E-state index in [2.05, 4.69) is 4.98 Å². The molecule has 0 radical (unpaired) electrons. The third-order valence-corrected chi connectivity index (χ3v) is 3.17. The number of pyridine rings is 1. The first-order valence-corrected chi connectivity index (χ1v) is 6.53. The van der Waals surface area contributed by atoms with Crippen LogP contribution in [0.5, 0.6) is 11.5 Å². The molecule has 1 aromatic heterocycles. The summed E-state index contributed by atoms with van der Waals surface area (Å²) in [5.74, 6) is 0.512. The maximum absolute atomic E-state index is 11.0. The van der Waals surface area contributed by atoms with Gasteiger partial charge in [0, 0.05) is 12.1 Å². The molecule has 0 aliphatic carbocycles. The molecule has 0 unspecified atom stereocenters. The van der Waals surface area contributed by atoms with Crippen molar-refractivity contribution >= 4 is 28.9 Å². The molecule has 0 atom stereocenters. The molecule has 1 aromatic carbocycles. The van der Waals surface area contributed by atoms with E-state index in [-0.39, 0.29) is 23.2 Å². The Kier molecular flexibility index (Phi) is 4.82. The van der Waals surface area contributed by atoms with Crippen LogP contribution in [0.3, 0.4) is 0 Å². The summed E-state index contributed by atoms with van der Waals surface area (Å²) in [6, 6.07) is 7.34. The number of aromatic nitrogens is 1. The number of rotatable bonds is 5. The van der Waals surface area contributed by atoms with Crippen LogP contribution in [0.1, 0.15) is 5.69 Å². The number of nitro benzene ring substituents is 1. The van der Waals surface area contributed by atoms with E-state index >= 15 is 0 Å². The number of halogens is 2. The van der Waals surface area contributed by atoms with Crippen LogP contribution in [0.15, 0.2) is 30.3 Å². The third kappa shape index (κ3) is 3.74. The Bertz CT molecular complexity index is 679. The first-order chi connectivity index (χ1) is 10.0. The van der Waals surface area contributed by atoms with Gasteiger partial charge in [-0.15, -0.1) is 0 Å². The van der Waals surface area contributed by atoms with Gasteiger partial charge in [0.1, 0.15) is 17.5 Å². The Hall–Kier alpha value is -2.05. The van der Waals surface area contributed by atoms with Crippen molar-refractivity contribution in [2.45, 2.75) is 6.61 Å². The number of hydrogen-bond donors (Lipinski definition) is 0. The van der Waals surface area contributed by atoms with Gasteiger partial charge in [0.05, 0.1) is 22.7 Å². The van der Waals surface area contributed by atoms with E-state index in [4.69, 9.17) is 32.7 Å². The summed E-state index contributed by atoms with van der Waals surface area (Å²) in [5.41, 5.74) is 0.218. The lowest BCUT2D eigenvalue weighted by Crippen LogP contribution is -2.02. The first-order valence-electron chi connectivity index (χ1n) is 5.77. The van der Waals surface area contributed by atoms with Crippen molar-refractivity contribution < 1.29 is 14.4 Å². The molecule has 0 fully saturated rings. The van der Waals surface area contributed by atoms with Crippen molar-refractivity contribution in [3.63, 3.8) is 0 Å². The molecule has 0 aliphatic heterocycles. The van der Waals surface area contributed by atoms with E-state index in [0.717, 1.165) is 0 Å². The van der Waals surface area contributed by atoms with Crippen LogP contribution in [0.2, 0.25) is 10.2 Å². The second kappa shape index (κ2) is 6.60. The van der Waals surface area contributed by atoms with Crippen LogP contribution in [-0.4, -0.2) is 17.0 Å². The number of nitro groups is 1. The Morgan fingerprint density at radius 1 is 1.29 bits per heavy atom. The van der Waals surface area contributed by atoms with Gasteiger partial charge in [-0.3, -0.25) is 10.1 Å². The van der Waals surface area contributed by atoms with E-state index in [0.29, 0.717) is 16.5 Å². The van der Waals surface area contributed by atoms with Crippen LogP contribution in [-0.2, 0) is 6.61 Å². The van der Waals surface area contributed by atoms with Gasteiger partial charge in [-0.2, -0.15) is 0 Å². The smallest absolute Gasteiger partial charge is 0.311 e. The molecule has 0 spiro atoms. The molecule has 110 valence electrons. The van der Waals surface area contributed by atoms with Crippen LogP contribution in [0.4, 0.5) is 5.69 Å². The van der Waals surface area contributed by atoms with Gasteiger partial charge >= 0.3 is 5.69 Å². The highest BCUT2D eigenvalue weighted by Crippen LogP contribution is 2.32. The van der Waals surface area contributed by atoms with Crippen molar-refractivity contribution in [3.8, 4) is 11.5 Å². The van der Waals surface area contributed by atoms with Crippen molar-refractivity contribution in [1.82, 2.24) is 4.98 Å². The average Bonchev–Trinajstić information content (AvgIpc) is 2.47. The molecule has 8 heteroatoms. The zero-order valence-corrected chi connectivity index (χ0v) is 12.4. The molecule has 1 heterocycles. The average molecular weight is 329 g/mol. The van der Waals surface area contributed by atoms with E-state index in [1.54, 1.807) is 12.1 Å². The van der Waals surface area contributed by atoms with Crippen molar-refractivity contribution in [1.29, 1.82) is 0 Å². The summed E-state index contributed by atoms with van der Waals surface area (Å²) in [7, 11) is 1.46. The molecule has 2 rings (SSSR count). The van der Waals surface area contributed by atoms with Crippen LogP contribution in [0.25, 0.3) is 0 Å². The number of hydrogen-bond acceptors (Lipinski definition) is 5. The largest absolute Gasteiger partial charge is 0.497 e. The van der Waals surface area contributed by atoms with Gasteiger partial charge in [0.15, 0.2) is 0 Å². The van der Waals surface area contributed by atoms with Crippen LogP contribution < -0.4 is 9.47 Å². The van der Waals surface area contributed by atoms with Crippen molar-refractivity contribution in [2.75, 3.05) is 7.11 Å². The van der Waals surface area contributed by atoms with Gasteiger partial charge in [-0.25, -0.2) is 4.98 Å². The molecule has 0 aliphatic rings. The monoisotopic (exact) mass is 328 g/mol. The molecule has 0 N–H and O–H groups in total. The van der Waals surface area contributed by atoms with E-state index < -0.39 is 4.92 Å². The lowest BCUT2D eigenvalue weighted by molar-refractivity contribution is -0.386. The molecular formula is C13H10Cl2N2O4. The Balaban J connectivity index is 2.26. The fraction of sp³-hybridized carbons (Fsp3) is 0.154. The second-order valence-corrected chi connectivity index (χ2v) is 4.74. The summed E-state index contributed by atoms with van der Waals surface area (Å²) in [6.07, 6.45) is 0. The zero-order valence-electron chi connectivity index (χ0n) is 10.9. The molecule has 0 amide bonds. The van der Waals surface area contributed by atoms with Gasteiger partial charge in [-0.05, 0) is 18.2 Å².